The summed E-state index contributed by atoms with van der Waals surface area (Å²) >= 11 is 0. The van der Waals surface area contributed by atoms with E-state index in [0.717, 1.165) is 31.8 Å². The fourth-order valence-electron chi connectivity index (χ4n) is 6.03. The van der Waals surface area contributed by atoms with Crippen LogP contribution in [0.15, 0.2) is 36.5 Å². The van der Waals surface area contributed by atoms with Gasteiger partial charge in [-0.2, -0.15) is 0 Å². The second-order valence-corrected chi connectivity index (χ2v) is 10.4. The maximum atomic E-state index is 5.33. The highest BCUT2D eigenvalue weighted by molar-refractivity contribution is 5.57. The van der Waals surface area contributed by atoms with E-state index >= 15 is 0 Å². The number of aryl methyl sites for hydroxylation is 1. The Bertz CT molecular complexity index is 1140. The Labute approximate surface area is 197 Å². The van der Waals surface area contributed by atoms with E-state index in [1.165, 1.54) is 60.6 Å². The lowest BCUT2D eigenvalue weighted by Crippen LogP contribution is -2.45. The number of likely N-dealkylation sites (N-methyl/N-ethyl adjacent to an activating group) is 1. The molecule has 2 saturated heterocycles. The zero-order chi connectivity index (χ0) is 22.5. The molecule has 3 aliphatic rings. The van der Waals surface area contributed by atoms with E-state index < -0.39 is 0 Å². The van der Waals surface area contributed by atoms with Gasteiger partial charge in [0.1, 0.15) is 11.5 Å². The summed E-state index contributed by atoms with van der Waals surface area (Å²) in [7, 11) is 4.52. The number of likely N-dealkylation sites (tertiary alicyclic amines) is 1. The third kappa shape index (κ3) is 3.73. The van der Waals surface area contributed by atoms with Crippen molar-refractivity contribution in [2.24, 2.45) is 0 Å². The molecule has 33 heavy (non-hydrogen) atoms. The van der Waals surface area contributed by atoms with E-state index in [4.69, 9.17) is 9.97 Å². The fraction of sp³-hybridized carbons (Fsp3) is 0.556. The van der Waals surface area contributed by atoms with Gasteiger partial charge in [0.15, 0.2) is 0 Å². The maximum absolute atomic E-state index is 5.33. The summed E-state index contributed by atoms with van der Waals surface area (Å²) in [5.74, 6) is 1.98. The van der Waals surface area contributed by atoms with Gasteiger partial charge in [-0.25, -0.2) is 4.98 Å². The first-order valence-corrected chi connectivity index (χ1v) is 12.7. The van der Waals surface area contributed by atoms with E-state index in [-0.39, 0.29) is 0 Å². The van der Waals surface area contributed by atoms with Crippen LogP contribution in [0.1, 0.15) is 72.8 Å². The predicted molar refractivity (Wildman–Crippen MR) is 133 cm³/mol. The topological polar surface area (TPSA) is 39.9 Å². The highest BCUT2D eigenvalue weighted by Crippen LogP contribution is 2.48. The Morgan fingerprint density at radius 2 is 1.61 bits per heavy atom. The first-order chi connectivity index (χ1) is 16.1. The highest BCUT2D eigenvalue weighted by Gasteiger charge is 2.39. The summed E-state index contributed by atoms with van der Waals surface area (Å²) in [6.45, 7) is 6.60. The number of anilines is 1. The second kappa shape index (κ2) is 8.41. The number of piperazine rings is 1. The van der Waals surface area contributed by atoms with Crippen LogP contribution in [0.4, 0.5) is 5.82 Å². The number of rotatable bonds is 4. The van der Waals surface area contributed by atoms with Crippen molar-refractivity contribution in [2.45, 2.75) is 57.0 Å². The molecule has 3 aromatic heterocycles. The van der Waals surface area contributed by atoms with Gasteiger partial charge in [0.2, 0.25) is 0 Å². The number of nitrogens with zero attached hydrogens (tertiary/aromatic N) is 6. The van der Waals surface area contributed by atoms with Gasteiger partial charge >= 0.3 is 0 Å². The molecule has 6 nitrogen and oxygen atoms in total. The van der Waals surface area contributed by atoms with Crippen LogP contribution in [0, 0.1) is 6.92 Å². The van der Waals surface area contributed by atoms with Crippen LogP contribution in [-0.2, 0) is 0 Å². The van der Waals surface area contributed by atoms with Crippen LogP contribution >= 0.6 is 0 Å². The van der Waals surface area contributed by atoms with Crippen LogP contribution in [0.25, 0.3) is 5.65 Å². The minimum absolute atomic E-state index is 0.348. The smallest absolute Gasteiger partial charge is 0.138 e. The minimum Gasteiger partial charge on any atom is -0.355 e. The molecule has 2 atom stereocenters. The van der Waals surface area contributed by atoms with Gasteiger partial charge in [0.05, 0.1) is 29.2 Å². The molecule has 6 heteroatoms. The lowest BCUT2D eigenvalue weighted by Gasteiger charge is -2.39. The van der Waals surface area contributed by atoms with Crippen molar-refractivity contribution in [3.05, 3.63) is 59.2 Å². The number of imidazole rings is 1. The Balaban J connectivity index is 1.42. The van der Waals surface area contributed by atoms with E-state index in [1.807, 2.05) is 12.3 Å². The number of hydrogen-bond acceptors (Lipinski definition) is 5. The Hall–Kier alpha value is -2.44. The van der Waals surface area contributed by atoms with Crippen molar-refractivity contribution in [1.29, 1.82) is 0 Å². The molecule has 2 aliphatic heterocycles. The third-order valence-corrected chi connectivity index (χ3v) is 8.10. The summed E-state index contributed by atoms with van der Waals surface area (Å²) in [4.78, 5) is 17.7. The quantitative estimate of drug-likeness (QED) is 0.590. The van der Waals surface area contributed by atoms with Gasteiger partial charge in [-0.3, -0.25) is 14.3 Å². The lowest BCUT2D eigenvalue weighted by molar-refractivity contribution is 0.109. The van der Waals surface area contributed by atoms with E-state index in [2.05, 4.69) is 64.4 Å². The summed E-state index contributed by atoms with van der Waals surface area (Å²) in [5, 5.41) is 0. The lowest BCUT2D eigenvalue weighted by atomic mass is 9.90. The monoisotopic (exact) mass is 444 g/mol. The third-order valence-electron chi connectivity index (χ3n) is 8.10. The van der Waals surface area contributed by atoms with Crippen LogP contribution in [0.5, 0.6) is 0 Å². The molecular weight excluding hydrogens is 408 g/mol. The highest BCUT2D eigenvalue weighted by atomic mass is 15.3. The molecule has 5 heterocycles. The van der Waals surface area contributed by atoms with Crippen LogP contribution < -0.4 is 4.90 Å². The molecule has 0 radical (unpaired) electrons. The zero-order valence-corrected chi connectivity index (χ0v) is 20.2. The molecule has 0 unspecified atom stereocenters. The van der Waals surface area contributed by atoms with Crippen molar-refractivity contribution in [1.82, 2.24) is 24.2 Å². The zero-order valence-electron chi connectivity index (χ0n) is 20.2. The molecule has 0 amide bonds. The Morgan fingerprint density at radius 1 is 0.848 bits per heavy atom. The SMILES string of the molecule is Cc1cccnc1[C@@H]1CCC[C@H](c2nc3cccc(N4CCN(C)CC4)n3c2C2CC2)N1C. The molecule has 3 fully saturated rings. The van der Waals surface area contributed by atoms with Crippen molar-refractivity contribution in [2.75, 3.05) is 45.2 Å². The average molecular weight is 445 g/mol. The first kappa shape index (κ1) is 21.1. The van der Waals surface area contributed by atoms with Crippen molar-refractivity contribution < 1.29 is 0 Å². The summed E-state index contributed by atoms with van der Waals surface area (Å²) in [6.07, 6.45) is 8.09. The summed E-state index contributed by atoms with van der Waals surface area (Å²) < 4.78 is 2.52. The molecule has 1 aliphatic carbocycles. The van der Waals surface area contributed by atoms with Gasteiger partial charge < -0.3 is 9.80 Å². The molecule has 0 aromatic carbocycles. The largest absolute Gasteiger partial charge is 0.355 e. The summed E-state index contributed by atoms with van der Waals surface area (Å²) in [6, 6.07) is 11.7. The normalized spacial score (nSPS) is 25.1. The predicted octanol–water partition coefficient (Wildman–Crippen LogP) is 4.57. The van der Waals surface area contributed by atoms with Crippen molar-refractivity contribution >= 4 is 11.5 Å². The molecule has 0 spiro atoms. The number of hydrogen-bond donors (Lipinski definition) is 0. The maximum Gasteiger partial charge on any atom is 0.138 e. The van der Waals surface area contributed by atoms with Gasteiger partial charge in [-0.1, -0.05) is 12.1 Å². The van der Waals surface area contributed by atoms with E-state index in [9.17, 15) is 0 Å². The standard InChI is InChI=1S/C27H36N6/c1-19-7-6-14-28-25(19)21-8-4-9-22(31(21)3)26-27(20-12-13-20)33-23(29-26)10-5-11-24(33)32-17-15-30(2)16-18-32/h5-7,10-11,14,20-22H,4,8-9,12-13,15-18H2,1-3H3/t21-,22+/m0/s1. The van der Waals surface area contributed by atoms with Crippen molar-refractivity contribution in [3.8, 4) is 0 Å². The van der Waals surface area contributed by atoms with Gasteiger partial charge in [0, 0.05) is 38.3 Å². The van der Waals surface area contributed by atoms with Gasteiger partial charge in [-0.05, 0) is 76.9 Å². The fourth-order valence-corrected chi connectivity index (χ4v) is 6.03. The van der Waals surface area contributed by atoms with Crippen LogP contribution in [0.2, 0.25) is 0 Å². The van der Waals surface area contributed by atoms with E-state index in [1.54, 1.807) is 0 Å². The molecule has 1 saturated carbocycles. The molecule has 3 aromatic rings. The number of aromatic nitrogens is 3. The number of fused-ring (bicyclic) bond motifs is 1. The second-order valence-electron chi connectivity index (χ2n) is 10.4. The van der Waals surface area contributed by atoms with Gasteiger partial charge in [0.25, 0.3) is 0 Å². The molecule has 6 rings (SSSR count). The van der Waals surface area contributed by atoms with Crippen LogP contribution in [-0.4, -0.2) is 64.4 Å². The van der Waals surface area contributed by atoms with Crippen LogP contribution in [0.3, 0.4) is 0 Å². The molecular formula is C27H36N6. The summed E-state index contributed by atoms with van der Waals surface area (Å²) in [5.41, 5.74) is 6.45. The van der Waals surface area contributed by atoms with Crippen molar-refractivity contribution in [3.63, 3.8) is 0 Å². The minimum atomic E-state index is 0.348. The molecule has 0 N–H and O–H groups in total. The Kier molecular flexibility index (Phi) is 5.38. The number of pyridine rings is 2. The van der Waals surface area contributed by atoms with Gasteiger partial charge in [-0.15, -0.1) is 0 Å². The Morgan fingerprint density at radius 3 is 2.33 bits per heavy atom. The average Bonchev–Trinajstić information content (AvgIpc) is 3.59. The number of piperidine rings is 1. The first-order valence-electron chi connectivity index (χ1n) is 12.7. The van der Waals surface area contributed by atoms with E-state index in [0.29, 0.717) is 18.0 Å². The molecule has 174 valence electrons. The molecule has 0 bridgehead atoms.